The summed E-state index contributed by atoms with van der Waals surface area (Å²) in [7, 11) is 0. The Kier molecular flexibility index (Phi) is 6.11. The predicted octanol–water partition coefficient (Wildman–Crippen LogP) is 4.64. The van der Waals surface area contributed by atoms with Gasteiger partial charge in [0.1, 0.15) is 11.6 Å². The van der Waals surface area contributed by atoms with Crippen LogP contribution in [0.15, 0.2) is 55.0 Å². The van der Waals surface area contributed by atoms with E-state index in [0.717, 1.165) is 48.4 Å². The number of aryl methyl sites for hydroxylation is 2. The lowest BCUT2D eigenvalue weighted by atomic mass is 9.96. The summed E-state index contributed by atoms with van der Waals surface area (Å²) >= 11 is 0. The summed E-state index contributed by atoms with van der Waals surface area (Å²) in [6.45, 7) is 3.19. The molecule has 1 aromatic carbocycles. The number of amides is 1. The Hall–Kier alpha value is -3.95. The van der Waals surface area contributed by atoms with Crippen LogP contribution in [0.5, 0.6) is 0 Å². The van der Waals surface area contributed by atoms with Gasteiger partial charge in [0.25, 0.3) is 5.91 Å². The van der Waals surface area contributed by atoms with Gasteiger partial charge < -0.3 is 15.2 Å². The fourth-order valence-corrected chi connectivity index (χ4v) is 4.60. The van der Waals surface area contributed by atoms with Gasteiger partial charge in [0.2, 0.25) is 0 Å². The van der Waals surface area contributed by atoms with Gasteiger partial charge in [-0.25, -0.2) is 9.97 Å². The van der Waals surface area contributed by atoms with Crippen LogP contribution in [0.25, 0.3) is 10.9 Å². The lowest BCUT2D eigenvalue weighted by Gasteiger charge is -2.30. The van der Waals surface area contributed by atoms with Crippen LogP contribution in [-0.2, 0) is 25.7 Å². The molecule has 0 saturated heterocycles. The van der Waals surface area contributed by atoms with Crippen LogP contribution in [0.3, 0.4) is 0 Å². The second-order valence-electron chi connectivity index (χ2n) is 9.22. The summed E-state index contributed by atoms with van der Waals surface area (Å²) in [5.41, 5.74) is 7.45. The van der Waals surface area contributed by atoms with Crippen molar-refractivity contribution in [2.45, 2.75) is 39.0 Å². The molecule has 0 fully saturated rings. The van der Waals surface area contributed by atoms with E-state index in [1.54, 1.807) is 29.3 Å². The quantitative estimate of drug-likeness (QED) is 0.437. The number of imidazole rings is 1. The molecule has 1 aliphatic heterocycles. The van der Waals surface area contributed by atoms with Crippen LogP contribution in [-0.4, -0.2) is 36.9 Å². The molecule has 10 heteroatoms. The number of carbonyl (C=O) groups is 1. The van der Waals surface area contributed by atoms with Crippen LogP contribution in [0, 0.1) is 12.8 Å². The van der Waals surface area contributed by atoms with Gasteiger partial charge >= 0.3 is 6.18 Å². The summed E-state index contributed by atoms with van der Waals surface area (Å²) < 4.78 is 41.1. The molecule has 2 N–H and O–H groups in total. The standard InChI is InChI=1S/C26H25F3N6O/c1-16-10-19-12-18(2-5-22(19)33-24(16)30)25(36)35(14-17-6-8-34-9-7-31-23(34)11-17)15-21-4-3-20(13-32-21)26(27,28)29/h2-5,7,9-10,12-13,17H,6,8,11,14-15H2,1H3,(H2,30,33)/t17-/m1/s1. The number of nitrogen functional groups attached to an aromatic ring is 1. The van der Waals surface area contributed by atoms with E-state index in [1.807, 2.05) is 19.2 Å². The van der Waals surface area contributed by atoms with Crippen molar-refractivity contribution in [2.24, 2.45) is 5.92 Å². The lowest BCUT2D eigenvalue weighted by Crippen LogP contribution is -2.37. The number of fused-ring (bicyclic) bond motifs is 2. The number of hydrogen-bond acceptors (Lipinski definition) is 5. The molecule has 36 heavy (non-hydrogen) atoms. The molecule has 1 amide bonds. The third-order valence-electron chi connectivity index (χ3n) is 6.61. The highest BCUT2D eigenvalue weighted by Crippen LogP contribution is 2.29. The van der Waals surface area contributed by atoms with Crippen molar-refractivity contribution in [2.75, 3.05) is 12.3 Å². The Labute approximate surface area is 205 Å². The number of halogens is 3. The Morgan fingerprint density at radius 2 is 2.03 bits per heavy atom. The van der Waals surface area contributed by atoms with Gasteiger partial charge in [-0.15, -0.1) is 0 Å². The number of anilines is 1. The molecule has 186 valence electrons. The Morgan fingerprint density at radius 3 is 2.78 bits per heavy atom. The van der Waals surface area contributed by atoms with Crippen LogP contribution < -0.4 is 5.73 Å². The fourth-order valence-electron chi connectivity index (χ4n) is 4.60. The largest absolute Gasteiger partial charge is 0.417 e. The number of nitrogens with zero attached hydrogens (tertiary/aromatic N) is 5. The zero-order chi connectivity index (χ0) is 25.4. The van der Waals surface area contributed by atoms with E-state index in [1.165, 1.54) is 6.07 Å². The highest BCUT2D eigenvalue weighted by atomic mass is 19.4. The SMILES string of the molecule is Cc1cc2cc(C(=O)N(Cc3ccc(C(F)(F)F)cn3)C[C@@H]3CCn4ccnc4C3)ccc2nc1N. The summed E-state index contributed by atoms with van der Waals surface area (Å²) in [6, 6.07) is 9.44. The number of alkyl halides is 3. The highest BCUT2D eigenvalue weighted by molar-refractivity contribution is 5.98. The van der Waals surface area contributed by atoms with Gasteiger partial charge in [-0.05, 0) is 61.2 Å². The third kappa shape index (κ3) is 4.89. The number of aromatic nitrogens is 4. The molecule has 1 atom stereocenters. The van der Waals surface area contributed by atoms with Gasteiger partial charge in [-0.3, -0.25) is 9.78 Å². The van der Waals surface area contributed by atoms with Crippen molar-refractivity contribution in [3.63, 3.8) is 0 Å². The Balaban J connectivity index is 1.43. The van der Waals surface area contributed by atoms with Gasteiger partial charge in [-0.2, -0.15) is 13.2 Å². The number of benzene rings is 1. The molecule has 0 saturated carbocycles. The van der Waals surface area contributed by atoms with E-state index in [-0.39, 0.29) is 18.4 Å². The van der Waals surface area contributed by atoms with Gasteiger partial charge in [0.15, 0.2) is 0 Å². The van der Waals surface area contributed by atoms with E-state index in [9.17, 15) is 18.0 Å². The van der Waals surface area contributed by atoms with Crippen LogP contribution in [0.4, 0.5) is 19.0 Å². The maximum Gasteiger partial charge on any atom is 0.417 e. The number of carbonyl (C=O) groups excluding carboxylic acids is 1. The average Bonchev–Trinajstić information content (AvgIpc) is 3.31. The first-order valence-electron chi connectivity index (χ1n) is 11.7. The van der Waals surface area contributed by atoms with Gasteiger partial charge in [-0.1, -0.05) is 0 Å². The third-order valence-corrected chi connectivity index (χ3v) is 6.61. The van der Waals surface area contributed by atoms with Crippen LogP contribution in [0.1, 0.15) is 39.4 Å². The minimum Gasteiger partial charge on any atom is -0.383 e. The molecule has 4 heterocycles. The summed E-state index contributed by atoms with van der Waals surface area (Å²) in [4.78, 5) is 28.1. The van der Waals surface area contributed by atoms with Crippen molar-refractivity contribution >= 4 is 22.6 Å². The first-order chi connectivity index (χ1) is 17.2. The van der Waals surface area contributed by atoms with Crippen molar-refractivity contribution < 1.29 is 18.0 Å². The van der Waals surface area contributed by atoms with E-state index in [4.69, 9.17) is 5.73 Å². The topological polar surface area (TPSA) is 89.9 Å². The predicted molar refractivity (Wildman–Crippen MR) is 129 cm³/mol. The zero-order valence-electron chi connectivity index (χ0n) is 19.7. The molecule has 1 aliphatic rings. The molecule has 0 spiro atoms. The second-order valence-corrected chi connectivity index (χ2v) is 9.22. The van der Waals surface area contributed by atoms with E-state index in [2.05, 4.69) is 19.5 Å². The molecule has 4 aromatic rings. The van der Waals surface area contributed by atoms with Crippen molar-refractivity contribution in [3.05, 3.63) is 83.2 Å². The first kappa shape index (κ1) is 23.8. The maximum absolute atomic E-state index is 13.7. The molecule has 0 bridgehead atoms. The molecule has 3 aromatic heterocycles. The summed E-state index contributed by atoms with van der Waals surface area (Å²) in [6.07, 6.45) is 1.64. The highest BCUT2D eigenvalue weighted by Gasteiger charge is 2.31. The molecule has 0 unspecified atom stereocenters. The smallest absolute Gasteiger partial charge is 0.383 e. The van der Waals surface area contributed by atoms with Crippen molar-refractivity contribution in [1.29, 1.82) is 0 Å². The Morgan fingerprint density at radius 1 is 1.19 bits per heavy atom. The summed E-state index contributed by atoms with van der Waals surface area (Å²) in [5, 5.41) is 0.792. The minimum atomic E-state index is -4.47. The number of rotatable bonds is 5. The number of nitrogens with two attached hydrogens (primary N) is 1. The van der Waals surface area contributed by atoms with E-state index < -0.39 is 11.7 Å². The first-order valence-corrected chi connectivity index (χ1v) is 11.7. The second kappa shape index (κ2) is 9.25. The van der Waals surface area contributed by atoms with Gasteiger partial charge in [0, 0.05) is 49.1 Å². The Bertz CT molecular complexity index is 1410. The van der Waals surface area contributed by atoms with E-state index >= 15 is 0 Å². The minimum absolute atomic E-state index is 0.0962. The average molecular weight is 495 g/mol. The molecule has 7 nitrogen and oxygen atoms in total. The molecular weight excluding hydrogens is 469 g/mol. The molecular formula is C26H25F3N6O. The monoisotopic (exact) mass is 494 g/mol. The fraction of sp³-hybridized carbons (Fsp3) is 0.308. The lowest BCUT2D eigenvalue weighted by molar-refractivity contribution is -0.137. The maximum atomic E-state index is 13.7. The van der Waals surface area contributed by atoms with Crippen molar-refractivity contribution in [3.8, 4) is 0 Å². The molecule has 0 aliphatic carbocycles. The summed E-state index contributed by atoms with van der Waals surface area (Å²) in [5.74, 6) is 1.35. The normalized spacial score (nSPS) is 15.6. The number of pyridine rings is 2. The van der Waals surface area contributed by atoms with Crippen molar-refractivity contribution in [1.82, 2.24) is 24.4 Å². The zero-order valence-corrected chi connectivity index (χ0v) is 19.7. The molecule has 5 rings (SSSR count). The van der Waals surface area contributed by atoms with Gasteiger partial charge in [0.05, 0.1) is 23.3 Å². The van der Waals surface area contributed by atoms with E-state index in [0.29, 0.717) is 29.1 Å². The van der Waals surface area contributed by atoms with Crippen LogP contribution >= 0.6 is 0 Å². The molecule has 0 radical (unpaired) electrons. The van der Waals surface area contributed by atoms with Crippen LogP contribution in [0.2, 0.25) is 0 Å². The number of hydrogen-bond donors (Lipinski definition) is 1.